The molecule has 26 heavy (non-hydrogen) atoms. The van der Waals surface area contributed by atoms with Gasteiger partial charge in [-0.2, -0.15) is 0 Å². The number of carboxylic acid groups (broad SMARTS) is 2. The number of thioether (sulfide) groups is 2. The molecular formula is C20H38O4S2. The van der Waals surface area contributed by atoms with E-state index < -0.39 is 16.0 Å². The van der Waals surface area contributed by atoms with Gasteiger partial charge in [-0.3, -0.25) is 4.79 Å². The van der Waals surface area contributed by atoms with Crippen LogP contribution in [-0.2, 0) is 9.59 Å². The normalized spacial score (nSPS) is 11.6. The van der Waals surface area contributed by atoms with E-state index in [9.17, 15) is 19.8 Å². The van der Waals surface area contributed by atoms with E-state index in [0.717, 1.165) is 37.2 Å². The fourth-order valence-electron chi connectivity index (χ4n) is 2.78. The molecule has 0 heterocycles. The predicted molar refractivity (Wildman–Crippen MR) is 114 cm³/mol. The van der Waals surface area contributed by atoms with Crippen molar-refractivity contribution in [2.45, 2.75) is 101 Å². The number of carboxylic acids is 2. The van der Waals surface area contributed by atoms with Crippen molar-refractivity contribution in [3.05, 3.63) is 0 Å². The van der Waals surface area contributed by atoms with E-state index in [1.54, 1.807) is 0 Å². The molecule has 0 fully saturated rings. The number of aliphatic carboxylic acids is 2. The van der Waals surface area contributed by atoms with Gasteiger partial charge in [0.05, 0.1) is 6.42 Å². The van der Waals surface area contributed by atoms with Crippen molar-refractivity contribution in [1.29, 1.82) is 0 Å². The number of rotatable bonds is 19. The maximum atomic E-state index is 11.9. The summed E-state index contributed by atoms with van der Waals surface area (Å²) in [4.78, 5) is 23.1. The average Bonchev–Trinajstić information content (AvgIpc) is 2.59. The Labute approximate surface area is 168 Å². The molecule has 0 aliphatic heterocycles. The van der Waals surface area contributed by atoms with Crippen LogP contribution in [-0.4, -0.2) is 37.7 Å². The van der Waals surface area contributed by atoms with Gasteiger partial charge in [-0.1, -0.05) is 78.1 Å². The van der Waals surface area contributed by atoms with Gasteiger partial charge in [0.1, 0.15) is 0 Å². The molecule has 4 nitrogen and oxygen atoms in total. The molecule has 0 unspecified atom stereocenters. The monoisotopic (exact) mass is 406 g/mol. The molecule has 0 aromatic carbocycles. The van der Waals surface area contributed by atoms with Crippen LogP contribution in [0.1, 0.15) is 97.3 Å². The fourth-order valence-corrected chi connectivity index (χ4v) is 5.67. The minimum absolute atomic E-state index is 0.316. The zero-order valence-electron chi connectivity index (χ0n) is 16.6. The third-order valence-electron chi connectivity index (χ3n) is 4.38. The lowest BCUT2D eigenvalue weighted by Crippen LogP contribution is -2.35. The summed E-state index contributed by atoms with van der Waals surface area (Å²) in [5, 5.41) is 18.9. The highest BCUT2D eigenvalue weighted by Gasteiger charge is 2.41. The van der Waals surface area contributed by atoms with Gasteiger partial charge in [0.25, 0.3) is 0 Å². The van der Waals surface area contributed by atoms with Gasteiger partial charge in [0, 0.05) is 0 Å². The molecule has 0 rings (SSSR count). The van der Waals surface area contributed by atoms with Crippen LogP contribution >= 0.6 is 23.5 Å². The third-order valence-corrected chi connectivity index (χ3v) is 7.64. The highest BCUT2D eigenvalue weighted by molar-refractivity contribution is 8.19. The first kappa shape index (κ1) is 25.6. The first-order chi connectivity index (χ1) is 12.5. The summed E-state index contributed by atoms with van der Waals surface area (Å²) in [6.45, 7) is 4.37. The van der Waals surface area contributed by atoms with Crippen LogP contribution in [0.4, 0.5) is 0 Å². The zero-order valence-corrected chi connectivity index (χ0v) is 18.3. The Morgan fingerprint density at radius 1 is 0.692 bits per heavy atom. The average molecular weight is 407 g/mol. The summed E-state index contributed by atoms with van der Waals surface area (Å²) in [6, 6.07) is 0. The topological polar surface area (TPSA) is 74.6 Å². The molecule has 0 aromatic heterocycles. The smallest absolute Gasteiger partial charge is 0.330 e. The number of unbranched alkanes of at least 4 members (excludes halogenated alkanes) is 10. The van der Waals surface area contributed by atoms with Crippen molar-refractivity contribution in [3.63, 3.8) is 0 Å². The van der Waals surface area contributed by atoms with Crippen molar-refractivity contribution >= 4 is 35.5 Å². The zero-order chi connectivity index (χ0) is 19.7. The summed E-state index contributed by atoms with van der Waals surface area (Å²) >= 11 is 2.65. The van der Waals surface area contributed by atoms with Crippen LogP contribution in [0.25, 0.3) is 0 Å². The van der Waals surface area contributed by atoms with Crippen molar-refractivity contribution in [2.75, 3.05) is 11.5 Å². The fraction of sp³-hybridized carbons (Fsp3) is 0.900. The van der Waals surface area contributed by atoms with Crippen molar-refractivity contribution in [3.8, 4) is 0 Å². The van der Waals surface area contributed by atoms with Crippen LogP contribution in [0.15, 0.2) is 0 Å². The Kier molecular flexibility index (Phi) is 16.6. The first-order valence-electron chi connectivity index (χ1n) is 10.2. The Hall–Kier alpha value is -0.360. The highest BCUT2D eigenvalue weighted by Crippen LogP contribution is 2.42. The molecule has 2 N–H and O–H groups in total. The maximum absolute atomic E-state index is 11.9. The van der Waals surface area contributed by atoms with Gasteiger partial charge >= 0.3 is 11.9 Å². The lowest BCUT2D eigenvalue weighted by molar-refractivity contribution is -0.143. The second-order valence-electron chi connectivity index (χ2n) is 6.86. The van der Waals surface area contributed by atoms with E-state index >= 15 is 0 Å². The van der Waals surface area contributed by atoms with Gasteiger partial charge in [-0.25, -0.2) is 4.79 Å². The summed E-state index contributed by atoms with van der Waals surface area (Å²) in [5.41, 5.74) is 0. The molecule has 154 valence electrons. The van der Waals surface area contributed by atoms with E-state index in [1.165, 1.54) is 74.9 Å². The summed E-state index contributed by atoms with van der Waals surface area (Å²) in [7, 11) is 0. The number of hydrogen-bond acceptors (Lipinski definition) is 4. The van der Waals surface area contributed by atoms with Crippen LogP contribution in [0.3, 0.4) is 0 Å². The molecule has 0 atom stereocenters. The molecule has 0 aliphatic carbocycles. The lowest BCUT2D eigenvalue weighted by atomic mass is 10.1. The lowest BCUT2D eigenvalue weighted by Gasteiger charge is -2.26. The molecule has 0 aliphatic rings. The SMILES string of the molecule is CCCCCCCCSC(CC(=O)O)(SCCCCCCCC)C(=O)O. The van der Waals surface area contributed by atoms with E-state index in [0.29, 0.717) is 0 Å². The Balaban J connectivity index is 4.33. The molecular weight excluding hydrogens is 368 g/mol. The Bertz CT molecular complexity index is 357. The number of carbonyl (C=O) groups is 2. The van der Waals surface area contributed by atoms with Crippen LogP contribution in [0, 0.1) is 0 Å². The van der Waals surface area contributed by atoms with Crippen LogP contribution in [0.5, 0.6) is 0 Å². The highest BCUT2D eigenvalue weighted by atomic mass is 32.2. The van der Waals surface area contributed by atoms with E-state index in [2.05, 4.69) is 13.8 Å². The minimum Gasteiger partial charge on any atom is -0.481 e. The van der Waals surface area contributed by atoms with Gasteiger partial charge in [-0.15, -0.1) is 23.5 Å². The maximum Gasteiger partial charge on any atom is 0.330 e. The Morgan fingerprint density at radius 2 is 1.08 bits per heavy atom. The third kappa shape index (κ3) is 12.9. The van der Waals surface area contributed by atoms with E-state index in [4.69, 9.17) is 0 Å². The van der Waals surface area contributed by atoms with Crippen LogP contribution < -0.4 is 0 Å². The van der Waals surface area contributed by atoms with Gasteiger partial charge in [0.15, 0.2) is 4.08 Å². The molecule has 0 saturated heterocycles. The van der Waals surface area contributed by atoms with E-state index in [-0.39, 0.29) is 6.42 Å². The second kappa shape index (κ2) is 16.8. The second-order valence-corrected chi connectivity index (χ2v) is 9.91. The van der Waals surface area contributed by atoms with Crippen molar-refractivity contribution < 1.29 is 19.8 Å². The molecule has 0 saturated carbocycles. The molecule has 0 radical (unpaired) electrons. The van der Waals surface area contributed by atoms with Gasteiger partial charge in [0.2, 0.25) is 0 Å². The first-order valence-corrected chi connectivity index (χ1v) is 12.2. The Morgan fingerprint density at radius 3 is 1.42 bits per heavy atom. The summed E-state index contributed by atoms with van der Waals surface area (Å²) in [6.07, 6.45) is 13.5. The molecule has 6 heteroatoms. The molecule has 0 spiro atoms. The predicted octanol–water partition coefficient (Wildman–Crippen LogP) is 6.43. The van der Waals surface area contributed by atoms with E-state index in [1.807, 2.05) is 0 Å². The van der Waals surface area contributed by atoms with Crippen LogP contribution in [0.2, 0.25) is 0 Å². The quantitative estimate of drug-likeness (QED) is 0.190. The number of hydrogen-bond donors (Lipinski definition) is 2. The van der Waals surface area contributed by atoms with Gasteiger partial charge < -0.3 is 10.2 Å². The molecule has 0 bridgehead atoms. The van der Waals surface area contributed by atoms with Gasteiger partial charge in [-0.05, 0) is 24.3 Å². The van der Waals surface area contributed by atoms with Crippen molar-refractivity contribution in [1.82, 2.24) is 0 Å². The standard InChI is InChI=1S/C20H38O4S2/c1-3-5-7-9-11-13-15-25-20(19(23)24,17-18(21)22)26-16-14-12-10-8-6-4-2/h3-17H2,1-2H3,(H,21,22)(H,23,24). The summed E-state index contributed by atoms with van der Waals surface area (Å²) in [5.74, 6) is -0.588. The molecule has 0 aromatic rings. The van der Waals surface area contributed by atoms with Crippen molar-refractivity contribution in [2.24, 2.45) is 0 Å². The largest absolute Gasteiger partial charge is 0.481 e. The summed E-state index contributed by atoms with van der Waals surface area (Å²) < 4.78 is -1.24. The molecule has 0 amide bonds. The minimum atomic E-state index is -1.24.